The molecule has 1 amide bonds. The number of carbonyl (C=O) groups is 1. The van der Waals surface area contributed by atoms with Crippen molar-refractivity contribution in [3.63, 3.8) is 0 Å². The van der Waals surface area contributed by atoms with Gasteiger partial charge in [0.05, 0.1) is 18.1 Å². The van der Waals surface area contributed by atoms with E-state index in [1.165, 1.54) is 12.1 Å². The maximum atomic E-state index is 14.7. The Bertz CT molecular complexity index is 1250. The number of rotatable bonds is 10. The van der Waals surface area contributed by atoms with E-state index in [0.29, 0.717) is 11.6 Å². The van der Waals surface area contributed by atoms with E-state index < -0.39 is 60.2 Å². The third kappa shape index (κ3) is 7.49. The zero-order valence-corrected chi connectivity index (χ0v) is 20.6. The smallest absolute Gasteiger partial charge is 0.389 e. The fourth-order valence-corrected chi connectivity index (χ4v) is 4.11. The second kappa shape index (κ2) is 11.9. The highest BCUT2D eigenvalue weighted by atomic mass is 19.4. The Labute approximate surface area is 215 Å². The quantitative estimate of drug-likeness (QED) is 0.268. The molecule has 1 atom stereocenters. The summed E-state index contributed by atoms with van der Waals surface area (Å²) in [6.07, 6.45) is -10.7. The molecule has 3 aromatic carbocycles. The largest absolute Gasteiger partial charge is 0.488 e. The second-order valence-corrected chi connectivity index (χ2v) is 9.12. The number of amides is 1. The Hall–Kier alpha value is -3.56. The highest BCUT2D eigenvalue weighted by molar-refractivity contribution is 5.78. The molecule has 1 N–H and O–H groups in total. The van der Waals surface area contributed by atoms with Crippen molar-refractivity contribution in [2.75, 3.05) is 0 Å². The van der Waals surface area contributed by atoms with E-state index in [9.17, 15) is 35.5 Å². The highest BCUT2D eigenvalue weighted by Crippen LogP contribution is 2.38. The first-order valence-corrected chi connectivity index (χ1v) is 11.8. The van der Waals surface area contributed by atoms with Crippen molar-refractivity contribution in [1.82, 2.24) is 5.32 Å². The van der Waals surface area contributed by atoms with Gasteiger partial charge in [-0.25, -0.2) is 17.6 Å². The van der Waals surface area contributed by atoms with Crippen molar-refractivity contribution in [3.05, 3.63) is 101 Å². The summed E-state index contributed by atoms with van der Waals surface area (Å²) in [5.74, 6) is -3.09. The Morgan fingerprint density at radius 1 is 0.921 bits per heavy atom. The number of hydrogen-bond donors (Lipinski definition) is 1. The van der Waals surface area contributed by atoms with Gasteiger partial charge in [0.15, 0.2) is 11.6 Å². The van der Waals surface area contributed by atoms with Gasteiger partial charge in [-0.3, -0.25) is 4.79 Å². The van der Waals surface area contributed by atoms with Crippen molar-refractivity contribution >= 4 is 5.91 Å². The predicted molar refractivity (Wildman–Crippen MR) is 128 cm³/mol. The average molecular weight is 542 g/mol. The molecule has 3 nitrogen and oxygen atoms in total. The van der Waals surface area contributed by atoms with Crippen LogP contribution in [0.15, 0.2) is 66.7 Å². The summed E-state index contributed by atoms with van der Waals surface area (Å²) < 4.78 is 101. The first-order valence-electron chi connectivity index (χ1n) is 11.8. The van der Waals surface area contributed by atoms with Crippen molar-refractivity contribution in [1.29, 1.82) is 0 Å². The minimum atomic E-state index is -4.63. The van der Waals surface area contributed by atoms with Gasteiger partial charge in [0.25, 0.3) is 6.43 Å². The lowest BCUT2D eigenvalue weighted by Gasteiger charge is -2.37. The molecule has 0 radical (unpaired) electrons. The van der Waals surface area contributed by atoms with Gasteiger partial charge in [0.2, 0.25) is 5.91 Å². The molecule has 0 aliphatic rings. The lowest BCUT2D eigenvalue weighted by molar-refractivity contribution is -0.144. The van der Waals surface area contributed by atoms with Crippen LogP contribution in [0.25, 0.3) is 0 Å². The van der Waals surface area contributed by atoms with E-state index >= 15 is 0 Å². The van der Waals surface area contributed by atoms with E-state index in [1.54, 1.807) is 44.2 Å². The average Bonchev–Trinajstić information content (AvgIpc) is 2.83. The molecule has 0 aromatic heterocycles. The summed E-state index contributed by atoms with van der Waals surface area (Å²) >= 11 is 0. The summed E-state index contributed by atoms with van der Waals surface area (Å²) in [7, 11) is 0. The Morgan fingerprint density at radius 3 is 2.21 bits per heavy atom. The van der Waals surface area contributed by atoms with E-state index in [0.717, 1.165) is 18.2 Å². The van der Waals surface area contributed by atoms with Gasteiger partial charge in [-0.1, -0.05) is 36.4 Å². The van der Waals surface area contributed by atoms with Crippen LogP contribution in [0.3, 0.4) is 0 Å². The molecule has 204 valence electrons. The monoisotopic (exact) mass is 541 g/mol. The third-order valence-corrected chi connectivity index (χ3v) is 5.75. The standard InChI is InChI=1S/C28H26F7NO2/c1-17(2)38-24-15-20(8-9-23(24)30)27(16-18-6-4-3-5-7-18,36-25(37)10-11-28(33,34)35)21-12-19(26(31)32)13-22(29)14-21/h3-9,12-15,17,26H,10-11,16H2,1-2H3,(H,36,37)/t27-/m1/s1. The second-order valence-electron chi connectivity index (χ2n) is 9.12. The van der Waals surface area contributed by atoms with Crippen LogP contribution in [0.5, 0.6) is 5.75 Å². The normalized spacial score (nSPS) is 13.4. The topological polar surface area (TPSA) is 38.3 Å². The number of ether oxygens (including phenoxy) is 1. The van der Waals surface area contributed by atoms with E-state index in [-0.39, 0.29) is 23.3 Å². The lowest BCUT2D eigenvalue weighted by Crippen LogP contribution is -2.49. The van der Waals surface area contributed by atoms with Gasteiger partial charge >= 0.3 is 6.18 Å². The molecule has 0 heterocycles. The summed E-state index contributed by atoms with van der Waals surface area (Å²) in [6, 6.07) is 14.4. The zero-order chi connectivity index (χ0) is 28.1. The molecular formula is C28H26F7NO2. The van der Waals surface area contributed by atoms with Crippen LogP contribution in [-0.4, -0.2) is 18.2 Å². The molecule has 0 aliphatic carbocycles. The molecule has 38 heavy (non-hydrogen) atoms. The van der Waals surface area contributed by atoms with Crippen LogP contribution in [0.4, 0.5) is 30.7 Å². The van der Waals surface area contributed by atoms with E-state index in [2.05, 4.69) is 5.32 Å². The van der Waals surface area contributed by atoms with Gasteiger partial charge < -0.3 is 10.1 Å². The van der Waals surface area contributed by atoms with Crippen LogP contribution in [0.1, 0.15) is 55.4 Å². The van der Waals surface area contributed by atoms with Gasteiger partial charge in [0, 0.05) is 18.4 Å². The van der Waals surface area contributed by atoms with Gasteiger partial charge in [-0.15, -0.1) is 0 Å². The molecule has 0 aliphatic heterocycles. The number of halogens is 7. The Morgan fingerprint density at radius 2 is 1.61 bits per heavy atom. The van der Waals surface area contributed by atoms with Crippen molar-refractivity contribution < 1.29 is 40.3 Å². The van der Waals surface area contributed by atoms with Crippen LogP contribution in [-0.2, 0) is 16.8 Å². The fourth-order valence-electron chi connectivity index (χ4n) is 4.11. The first-order chi connectivity index (χ1) is 17.8. The van der Waals surface area contributed by atoms with Crippen LogP contribution >= 0.6 is 0 Å². The predicted octanol–water partition coefficient (Wildman–Crippen LogP) is 7.63. The summed E-state index contributed by atoms with van der Waals surface area (Å²) in [5.41, 5.74) is -2.06. The minimum Gasteiger partial charge on any atom is -0.488 e. The first kappa shape index (κ1) is 29.0. The molecule has 0 unspecified atom stereocenters. The molecule has 3 rings (SSSR count). The Kier molecular flexibility index (Phi) is 9.06. The summed E-state index contributed by atoms with van der Waals surface area (Å²) in [5, 5.41) is 2.55. The fraction of sp³-hybridized carbons (Fsp3) is 0.321. The Balaban J connectivity index is 2.29. The molecule has 0 fully saturated rings. The molecule has 3 aromatic rings. The van der Waals surface area contributed by atoms with Crippen molar-refractivity contribution in [2.45, 2.75) is 57.4 Å². The SMILES string of the molecule is CC(C)Oc1cc([C@@](Cc2ccccc2)(NC(=O)CCC(F)(F)F)c2cc(F)cc(C(F)F)c2)ccc1F. The van der Waals surface area contributed by atoms with Gasteiger partial charge in [0.1, 0.15) is 5.82 Å². The highest BCUT2D eigenvalue weighted by Gasteiger charge is 2.39. The van der Waals surface area contributed by atoms with E-state index in [1.807, 2.05) is 0 Å². The molecule has 0 bridgehead atoms. The van der Waals surface area contributed by atoms with Crippen LogP contribution in [0, 0.1) is 11.6 Å². The number of alkyl halides is 5. The molecule has 0 saturated carbocycles. The number of carbonyl (C=O) groups excluding carboxylic acids is 1. The molecule has 0 spiro atoms. The maximum Gasteiger partial charge on any atom is 0.389 e. The number of benzene rings is 3. The molecular weight excluding hydrogens is 515 g/mol. The zero-order valence-electron chi connectivity index (χ0n) is 20.6. The summed E-state index contributed by atoms with van der Waals surface area (Å²) in [6.45, 7) is 3.29. The maximum absolute atomic E-state index is 14.7. The van der Waals surface area contributed by atoms with Crippen molar-refractivity contribution in [2.24, 2.45) is 0 Å². The van der Waals surface area contributed by atoms with Gasteiger partial charge in [-0.2, -0.15) is 13.2 Å². The minimum absolute atomic E-state index is 0.101. The van der Waals surface area contributed by atoms with Crippen LogP contribution in [0.2, 0.25) is 0 Å². The molecule has 0 saturated heterocycles. The number of hydrogen-bond acceptors (Lipinski definition) is 2. The summed E-state index contributed by atoms with van der Waals surface area (Å²) in [4.78, 5) is 12.9. The van der Waals surface area contributed by atoms with Crippen LogP contribution < -0.4 is 10.1 Å². The third-order valence-electron chi connectivity index (χ3n) is 5.75. The van der Waals surface area contributed by atoms with Crippen molar-refractivity contribution in [3.8, 4) is 5.75 Å². The van der Waals surface area contributed by atoms with Gasteiger partial charge in [-0.05, 0) is 60.9 Å². The van der Waals surface area contributed by atoms with E-state index in [4.69, 9.17) is 4.74 Å². The lowest BCUT2D eigenvalue weighted by atomic mass is 9.77. The number of nitrogens with one attached hydrogen (secondary N) is 1. The molecule has 10 heteroatoms.